The van der Waals surface area contributed by atoms with E-state index in [1.54, 1.807) is 0 Å². The molecule has 0 radical (unpaired) electrons. The summed E-state index contributed by atoms with van der Waals surface area (Å²) in [6.07, 6.45) is 7.30. The Bertz CT molecular complexity index is 533. The average Bonchev–Trinajstić information content (AvgIpc) is 2.75. The van der Waals surface area contributed by atoms with Crippen molar-refractivity contribution in [2.45, 2.75) is 37.2 Å². The van der Waals surface area contributed by atoms with Gasteiger partial charge in [0.25, 0.3) is 0 Å². The van der Waals surface area contributed by atoms with Crippen molar-refractivity contribution in [3.8, 4) is 0 Å². The minimum Gasteiger partial charge on any atom is -1.00 e. The van der Waals surface area contributed by atoms with Gasteiger partial charge in [-0.3, -0.25) is 0 Å². The van der Waals surface area contributed by atoms with Gasteiger partial charge >= 0.3 is 130 Å². The van der Waals surface area contributed by atoms with Crippen LogP contribution >= 0.6 is 0 Å². The largest absolute Gasteiger partial charge is 1.00 e. The Morgan fingerprint density at radius 1 is 0.955 bits per heavy atom. The zero-order chi connectivity index (χ0) is 14.3. The Labute approximate surface area is 166 Å². The summed E-state index contributed by atoms with van der Waals surface area (Å²) >= 11 is 2.40. The van der Waals surface area contributed by atoms with Crippen molar-refractivity contribution in [1.29, 1.82) is 0 Å². The molecule has 0 spiro atoms. The van der Waals surface area contributed by atoms with Crippen LogP contribution in [0, 0.1) is 5.41 Å². The Balaban J connectivity index is 0. The van der Waals surface area contributed by atoms with Gasteiger partial charge in [-0.25, -0.2) is 0 Å². The fraction of sp³-hybridized carbons (Fsp3) is 0.412. The average molecular weight is 410 g/mol. The normalized spacial score (nSPS) is 20.4. The van der Waals surface area contributed by atoms with Crippen LogP contribution in [0.2, 0.25) is 16.4 Å². The van der Waals surface area contributed by atoms with Gasteiger partial charge in [-0.1, -0.05) is 0 Å². The Kier molecular flexibility index (Phi) is 9.62. The molecule has 1 aliphatic carbocycles. The van der Waals surface area contributed by atoms with Gasteiger partial charge in [0.1, 0.15) is 0 Å². The van der Waals surface area contributed by atoms with E-state index in [4.69, 9.17) is 0 Å². The van der Waals surface area contributed by atoms with E-state index in [9.17, 15) is 0 Å². The fourth-order valence-electron chi connectivity index (χ4n) is 2.51. The molecule has 0 aliphatic heterocycles. The molecule has 1 atom stereocenters. The topological polar surface area (TPSA) is 0 Å². The maximum absolute atomic E-state index is 2.52. The van der Waals surface area contributed by atoms with Crippen LogP contribution in [0.5, 0.6) is 0 Å². The Hall–Kier alpha value is 0.501. The molecule has 0 saturated heterocycles. The first-order valence-electron chi connectivity index (χ1n) is 6.90. The predicted molar refractivity (Wildman–Crippen MR) is 82.9 cm³/mol. The summed E-state index contributed by atoms with van der Waals surface area (Å²) in [7, 11) is -1.55. The van der Waals surface area contributed by atoms with Gasteiger partial charge in [0.2, 0.25) is 0 Å². The molecule has 0 nitrogen and oxygen atoms in total. The molecule has 1 unspecified atom stereocenters. The van der Waals surface area contributed by atoms with E-state index in [-0.39, 0.29) is 46.0 Å². The van der Waals surface area contributed by atoms with Crippen LogP contribution in [-0.4, -0.2) is 8.07 Å². The molecule has 0 saturated carbocycles. The second-order valence-corrected chi connectivity index (χ2v) is 13.8. The molecule has 0 N–H and O–H groups in total. The third-order valence-electron chi connectivity index (χ3n) is 4.30. The Morgan fingerprint density at radius 3 is 1.86 bits per heavy atom. The molecule has 2 rings (SSSR count). The van der Waals surface area contributed by atoms with Crippen LogP contribution in [0.3, 0.4) is 0 Å². The fourth-order valence-corrected chi connectivity index (χ4v) is 6.08. The summed E-state index contributed by atoms with van der Waals surface area (Å²) in [4.78, 5) is 0. The number of rotatable bonds is 2. The number of allylic oxidation sites excluding steroid dienone is 4. The summed E-state index contributed by atoms with van der Waals surface area (Å²) in [5.74, 6) is 0. The number of hydrogen-bond acceptors (Lipinski definition) is 0. The second-order valence-electron chi connectivity index (χ2n) is 7.04. The van der Waals surface area contributed by atoms with E-state index in [0.29, 0.717) is 0 Å². The molecule has 22 heavy (non-hydrogen) atoms. The molecule has 1 aromatic rings. The molecule has 0 fully saturated rings. The van der Waals surface area contributed by atoms with Crippen LogP contribution in [-0.2, 0) is 20.4 Å². The zero-order valence-electron chi connectivity index (χ0n) is 13.8. The van der Waals surface area contributed by atoms with Crippen LogP contribution in [0.25, 0.3) is 0 Å². The molecular weight excluding hydrogens is 386 g/mol. The van der Waals surface area contributed by atoms with Gasteiger partial charge in [0.05, 0.1) is 0 Å². The summed E-state index contributed by atoms with van der Waals surface area (Å²) in [6, 6.07) is 11.0. The van der Waals surface area contributed by atoms with Gasteiger partial charge in [-0.05, 0) is 0 Å². The first-order chi connectivity index (χ1) is 8.67. The molecule has 0 bridgehead atoms. The smallest absolute Gasteiger partial charge is 1.00 e. The van der Waals surface area contributed by atoms with Crippen molar-refractivity contribution in [3.05, 3.63) is 54.1 Å². The van der Waals surface area contributed by atoms with Crippen molar-refractivity contribution in [2.24, 2.45) is 5.41 Å². The summed E-state index contributed by atoms with van der Waals surface area (Å²) in [5, 5.41) is 1.54. The van der Waals surface area contributed by atoms with Crippen LogP contribution < -0.4 is 42.4 Å². The van der Waals surface area contributed by atoms with E-state index in [2.05, 4.69) is 103 Å². The van der Waals surface area contributed by atoms with Crippen LogP contribution in [0.4, 0.5) is 0 Å². The minimum atomic E-state index is -1.55. The monoisotopic (exact) mass is 408 g/mol. The van der Waals surface area contributed by atoms with Crippen molar-refractivity contribution in [2.75, 3.05) is 0 Å². The van der Waals surface area contributed by atoms with Crippen LogP contribution in [0.1, 0.15) is 20.8 Å². The molecule has 0 heterocycles. The first kappa shape index (κ1) is 24.7. The molecule has 120 valence electrons. The summed E-state index contributed by atoms with van der Waals surface area (Å²) in [6.45, 7) is 11.9. The van der Waals surface area contributed by atoms with Crippen molar-refractivity contribution >= 4 is 13.3 Å². The molecule has 0 amide bonds. The molecule has 5 heteroatoms. The van der Waals surface area contributed by atoms with Gasteiger partial charge in [0.15, 0.2) is 0 Å². The number of benzene rings is 1. The summed E-state index contributed by atoms with van der Waals surface area (Å²) in [5.41, 5.74) is 1.72. The first-order valence-corrected chi connectivity index (χ1v) is 10.7. The standard InChI is InChI=1S/C17H23Si.3ClH.Ti/c1-17(2,3)14-11-12-16(13-14)18(4,5)15-9-7-6-8-10-15;;;;/h6-13H,1-5H3;3*1H;/q;;;;+3/p-3. The third kappa shape index (κ3) is 4.75. The van der Waals surface area contributed by atoms with E-state index in [1.165, 1.54) is 10.8 Å². The predicted octanol–water partition coefficient (Wildman–Crippen LogP) is -4.60. The molecular formula is C17H23Cl3SiTi. The van der Waals surface area contributed by atoms with E-state index in [1.807, 2.05) is 0 Å². The van der Waals surface area contributed by atoms with Gasteiger partial charge in [-0.2, -0.15) is 0 Å². The van der Waals surface area contributed by atoms with Crippen LogP contribution in [0.15, 0.2) is 54.1 Å². The van der Waals surface area contributed by atoms with Crippen molar-refractivity contribution in [1.82, 2.24) is 0 Å². The maximum atomic E-state index is 2.52. The van der Waals surface area contributed by atoms with E-state index >= 15 is 0 Å². The summed E-state index contributed by atoms with van der Waals surface area (Å²) < 4.78 is 0.219. The minimum absolute atomic E-state index is 0. The maximum Gasteiger partial charge on any atom is -1.00 e. The third-order valence-corrected chi connectivity index (χ3v) is 11.9. The van der Waals surface area contributed by atoms with Gasteiger partial charge in [0, 0.05) is 0 Å². The van der Waals surface area contributed by atoms with E-state index in [0.717, 1.165) is 0 Å². The molecule has 0 aromatic heterocycles. The Morgan fingerprint density at radius 2 is 1.45 bits per heavy atom. The zero-order valence-corrected chi connectivity index (χ0v) is 18.6. The number of hydrogen-bond donors (Lipinski definition) is 0. The second kappa shape index (κ2) is 8.56. The number of halogens is 3. The SMILES string of the molecule is CC(C)(C)C1=C[C]([Ti+3])([Si](C)(C)c2ccccc2)C=C1.[Cl-].[Cl-].[Cl-]. The van der Waals surface area contributed by atoms with Crippen molar-refractivity contribution in [3.63, 3.8) is 0 Å². The quantitative estimate of drug-likeness (QED) is 0.432. The van der Waals surface area contributed by atoms with E-state index < -0.39 is 8.07 Å². The van der Waals surface area contributed by atoms with Crippen molar-refractivity contribution < 1.29 is 57.7 Å². The van der Waals surface area contributed by atoms with Gasteiger partial charge in [-0.15, -0.1) is 0 Å². The molecule has 1 aromatic carbocycles. The molecule has 1 aliphatic rings. The van der Waals surface area contributed by atoms with Gasteiger partial charge < -0.3 is 37.2 Å².